The van der Waals surface area contributed by atoms with E-state index in [9.17, 15) is 0 Å². The second-order valence-electron chi connectivity index (χ2n) is 5.09. The van der Waals surface area contributed by atoms with E-state index in [-0.39, 0.29) is 0 Å². The molecular formula is C16H18Br2N2O. The zero-order valence-corrected chi connectivity index (χ0v) is 15.2. The molecule has 0 unspecified atom stereocenters. The number of ether oxygens (including phenoxy) is 1. The largest absolute Gasteiger partial charge is 0.487 e. The third-order valence-corrected chi connectivity index (χ3v) is 4.08. The van der Waals surface area contributed by atoms with Crippen LogP contribution in [0.1, 0.15) is 25.0 Å². The molecule has 0 radical (unpaired) electrons. The standard InChI is InChI=1S/C16H18Br2N2O/c1-11(2)20-7-12-3-4-13(16(18)5-12)10-21-15-6-14(17)8-19-9-15/h3-6,8-9,11,20H,7,10H2,1-2H3. The Kier molecular flexibility index (Phi) is 6.21. The van der Waals surface area contributed by atoms with E-state index in [1.165, 1.54) is 5.56 Å². The Labute approximate surface area is 142 Å². The van der Waals surface area contributed by atoms with Crippen molar-refractivity contribution in [2.24, 2.45) is 0 Å². The predicted octanol–water partition coefficient (Wildman–Crippen LogP) is 4.68. The van der Waals surface area contributed by atoms with Crippen LogP contribution in [-0.2, 0) is 13.2 Å². The molecule has 0 saturated heterocycles. The third-order valence-electron chi connectivity index (χ3n) is 2.91. The number of benzene rings is 1. The van der Waals surface area contributed by atoms with E-state index in [1.54, 1.807) is 12.4 Å². The molecule has 1 aromatic heterocycles. The Bertz CT molecular complexity index is 603. The first-order valence-corrected chi connectivity index (χ1v) is 8.37. The van der Waals surface area contributed by atoms with Crippen LogP contribution in [0.2, 0.25) is 0 Å². The fraction of sp³-hybridized carbons (Fsp3) is 0.312. The fourth-order valence-electron chi connectivity index (χ4n) is 1.77. The van der Waals surface area contributed by atoms with Gasteiger partial charge in [0, 0.05) is 33.3 Å². The molecule has 0 aliphatic rings. The van der Waals surface area contributed by atoms with Gasteiger partial charge in [-0.15, -0.1) is 0 Å². The molecule has 1 heterocycles. The SMILES string of the molecule is CC(C)NCc1ccc(COc2cncc(Br)c2)c(Br)c1. The molecule has 3 nitrogen and oxygen atoms in total. The van der Waals surface area contributed by atoms with Crippen LogP contribution in [0.5, 0.6) is 5.75 Å². The van der Waals surface area contributed by atoms with Crippen LogP contribution in [0, 0.1) is 0 Å². The molecule has 0 amide bonds. The lowest BCUT2D eigenvalue weighted by Crippen LogP contribution is -2.21. The maximum absolute atomic E-state index is 5.75. The summed E-state index contributed by atoms with van der Waals surface area (Å²) in [5.41, 5.74) is 2.37. The van der Waals surface area contributed by atoms with Gasteiger partial charge in [-0.25, -0.2) is 0 Å². The second-order valence-corrected chi connectivity index (χ2v) is 6.86. The first-order chi connectivity index (χ1) is 10.0. The lowest BCUT2D eigenvalue weighted by Gasteiger charge is -2.11. The van der Waals surface area contributed by atoms with Crippen LogP contribution < -0.4 is 10.1 Å². The maximum atomic E-state index is 5.75. The molecule has 2 aromatic rings. The lowest BCUT2D eigenvalue weighted by atomic mass is 10.1. The van der Waals surface area contributed by atoms with Gasteiger partial charge in [-0.05, 0) is 33.6 Å². The van der Waals surface area contributed by atoms with Gasteiger partial charge in [-0.2, -0.15) is 0 Å². The summed E-state index contributed by atoms with van der Waals surface area (Å²) in [4.78, 5) is 4.08. The predicted molar refractivity (Wildman–Crippen MR) is 92.4 cm³/mol. The smallest absolute Gasteiger partial charge is 0.139 e. The fourth-order valence-corrected chi connectivity index (χ4v) is 2.66. The summed E-state index contributed by atoms with van der Waals surface area (Å²) in [5.74, 6) is 0.752. The first-order valence-electron chi connectivity index (χ1n) is 6.78. The summed E-state index contributed by atoms with van der Waals surface area (Å²) in [6.45, 7) is 5.66. The molecule has 21 heavy (non-hydrogen) atoms. The number of hydrogen-bond donors (Lipinski definition) is 1. The van der Waals surface area contributed by atoms with Crippen molar-refractivity contribution in [3.8, 4) is 5.75 Å². The van der Waals surface area contributed by atoms with Gasteiger partial charge in [0.1, 0.15) is 12.4 Å². The minimum absolute atomic E-state index is 0.482. The van der Waals surface area contributed by atoms with Crippen molar-refractivity contribution in [1.29, 1.82) is 0 Å². The van der Waals surface area contributed by atoms with Crippen LogP contribution in [0.15, 0.2) is 45.6 Å². The van der Waals surface area contributed by atoms with Gasteiger partial charge in [-0.1, -0.05) is 41.9 Å². The molecule has 1 N–H and O–H groups in total. The summed E-state index contributed by atoms with van der Waals surface area (Å²) in [6.07, 6.45) is 3.44. The summed E-state index contributed by atoms with van der Waals surface area (Å²) >= 11 is 6.99. The molecule has 0 aliphatic carbocycles. The molecule has 112 valence electrons. The number of hydrogen-bond acceptors (Lipinski definition) is 3. The molecule has 0 saturated carbocycles. The van der Waals surface area contributed by atoms with E-state index in [0.717, 1.165) is 26.8 Å². The molecule has 5 heteroatoms. The summed E-state index contributed by atoms with van der Waals surface area (Å²) in [5, 5.41) is 3.41. The number of aromatic nitrogens is 1. The quantitative estimate of drug-likeness (QED) is 0.746. The molecule has 0 atom stereocenters. The number of nitrogens with one attached hydrogen (secondary N) is 1. The van der Waals surface area contributed by atoms with Gasteiger partial charge >= 0.3 is 0 Å². The molecule has 0 fully saturated rings. The summed E-state index contributed by atoms with van der Waals surface area (Å²) in [6, 6.07) is 8.73. The average Bonchev–Trinajstić information content (AvgIpc) is 2.44. The highest BCUT2D eigenvalue weighted by atomic mass is 79.9. The van der Waals surface area contributed by atoms with Gasteiger partial charge in [0.05, 0.1) is 6.20 Å². The summed E-state index contributed by atoms with van der Waals surface area (Å²) in [7, 11) is 0. The van der Waals surface area contributed by atoms with Crippen molar-refractivity contribution in [1.82, 2.24) is 10.3 Å². The van der Waals surface area contributed by atoms with Crippen LogP contribution in [0.4, 0.5) is 0 Å². The number of pyridine rings is 1. The molecule has 0 aliphatic heterocycles. The Morgan fingerprint density at radius 1 is 1.19 bits per heavy atom. The van der Waals surface area contributed by atoms with Crippen LogP contribution >= 0.6 is 31.9 Å². The monoisotopic (exact) mass is 412 g/mol. The van der Waals surface area contributed by atoms with E-state index in [4.69, 9.17) is 4.74 Å². The van der Waals surface area contributed by atoms with Crippen molar-refractivity contribution in [2.45, 2.75) is 33.0 Å². The molecule has 1 aromatic carbocycles. The normalized spacial score (nSPS) is 10.9. The summed E-state index contributed by atoms with van der Waals surface area (Å²) < 4.78 is 7.73. The minimum Gasteiger partial charge on any atom is -0.487 e. The average molecular weight is 414 g/mol. The van der Waals surface area contributed by atoms with E-state index in [2.05, 4.69) is 74.2 Å². The van der Waals surface area contributed by atoms with Crippen molar-refractivity contribution in [3.63, 3.8) is 0 Å². The van der Waals surface area contributed by atoms with Crippen LogP contribution in [0.25, 0.3) is 0 Å². The van der Waals surface area contributed by atoms with E-state index >= 15 is 0 Å². The topological polar surface area (TPSA) is 34.1 Å². The molecule has 0 bridgehead atoms. The Morgan fingerprint density at radius 2 is 2.00 bits per heavy atom. The van der Waals surface area contributed by atoms with Gasteiger partial charge < -0.3 is 10.1 Å². The van der Waals surface area contributed by atoms with Gasteiger partial charge in [0.2, 0.25) is 0 Å². The van der Waals surface area contributed by atoms with Crippen molar-refractivity contribution < 1.29 is 4.74 Å². The first kappa shape index (κ1) is 16.5. The Morgan fingerprint density at radius 3 is 2.67 bits per heavy atom. The minimum atomic E-state index is 0.482. The highest BCUT2D eigenvalue weighted by molar-refractivity contribution is 9.10. The molecule has 0 spiro atoms. The van der Waals surface area contributed by atoms with Gasteiger partial charge in [0.15, 0.2) is 0 Å². The molecule has 2 rings (SSSR count). The van der Waals surface area contributed by atoms with Crippen LogP contribution in [-0.4, -0.2) is 11.0 Å². The highest BCUT2D eigenvalue weighted by Gasteiger charge is 2.04. The Hall–Kier alpha value is -0.910. The van der Waals surface area contributed by atoms with Crippen molar-refractivity contribution in [2.75, 3.05) is 0 Å². The van der Waals surface area contributed by atoms with E-state index in [0.29, 0.717) is 12.6 Å². The second kappa shape index (κ2) is 7.92. The zero-order valence-electron chi connectivity index (χ0n) is 12.1. The molecular weight excluding hydrogens is 396 g/mol. The lowest BCUT2D eigenvalue weighted by molar-refractivity contribution is 0.304. The van der Waals surface area contributed by atoms with E-state index in [1.807, 2.05) is 6.07 Å². The van der Waals surface area contributed by atoms with Gasteiger partial charge in [-0.3, -0.25) is 4.98 Å². The van der Waals surface area contributed by atoms with Crippen molar-refractivity contribution in [3.05, 3.63) is 56.7 Å². The third kappa shape index (κ3) is 5.41. The maximum Gasteiger partial charge on any atom is 0.139 e. The van der Waals surface area contributed by atoms with Crippen LogP contribution in [0.3, 0.4) is 0 Å². The van der Waals surface area contributed by atoms with Gasteiger partial charge in [0.25, 0.3) is 0 Å². The van der Waals surface area contributed by atoms with Crippen molar-refractivity contribution >= 4 is 31.9 Å². The number of halogens is 2. The van der Waals surface area contributed by atoms with E-state index < -0.39 is 0 Å². The number of nitrogens with zero attached hydrogens (tertiary/aromatic N) is 1. The number of rotatable bonds is 6. The Balaban J connectivity index is 1.97. The highest BCUT2D eigenvalue weighted by Crippen LogP contribution is 2.22. The zero-order chi connectivity index (χ0) is 15.2.